The van der Waals surface area contributed by atoms with Crippen LogP contribution in [0, 0.1) is 5.92 Å². The minimum atomic E-state index is -0.597. The molecule has 0 bridgehead atoms. The summed E-state index contributed by atoms with van der Waals surface area (Å²) in [5.41, 5.74) is 9.87. The predicted octanol–water partition coefficient (Wildman–Crippen LogP) is 5.08. The van der Waals surface area contributed by atoms with Gasteiger partial charge in [-0.05, 0) is 48.1 Å². The molecule has 2 aromatic carbocycles. The van der Waals surface area contributed by atoms with Gasteiger partial charge in [-0.3, -0.25) is 4.79 Å². The quantitative estimate of drug-likeness (QED) is 0.582. The van der Waals surface area contributed by atoms with Crippen LogP contribution in [0.4, 0.5) is 0 Å². The Balaban J connectivity index is 2.31. The summed E-state index contributed by atoms with van der Waals surface area (Å²) in [5.74, 6) is -0.0339. The maximum atomic E-state index is 11.8. The summed E-state index contributed by atoms with van der Waals surface area (Å²) >= 11 is 6.41. The number of hydrogen-bond donors (Lipinski definition) is 2. The summed E-state index contributed by atoms with van der Waals surface area (Å²) in [6.45, 7) is 6.81. The molecule has 1 atom stereocenters. The molecule has 1 amide bonds. The molecule has 148 valence electrons. The molecule has 0 aliphatic heterocycles. The van der Waals surface area contributed by atoms with Crippen molar-refractivity contribution in [1.82, 2.24) is 4.57 Å². The average Bonchev–Trinajstić information content (AvgIpc) is 2.95. The molecule has 1 unspecified atom stereocenters. The minimum absolute atomic E-state index is 0.429. The van der Waals surface area contributed by atoms with Gasteiger partial charge in [0, 0.05) is 28.0 Å². The van der Waals surface area contributed by atoms with Crippen LogP contribution in [0.3, 0.4) is 0 Å². The standard InChI is InChI=1S/C23H27ClN2O2/c1-4-21(27)22-18(11-14(2)3)17-10-9-15(23(25)28)12-20(17)26(22)13-16-7-5-6-8-19(16)24/h5-10,12,14,21,27H,4,11,13H2,1-3H3,(H2,25,28). The SMILES string of the molecule is CCC(O)c1c(CC(C)C)c2ccc(C(N)=O)cc2n1Cc1ccccc1Cl. The Morgan fingerprint density at radius 1 is 1.21 bits per heavy atom. The van der Waals surface area contributed by atoms with Gasteiger partial charge in [-0.1, -0.05) is 56.6 Å². The predicted molar refractivity (Wildman–Crippen MR) is 115 cm³/mol. The Labute approximate surface area is 170 Å². The second-order valence-corrected chi connectivity index (χ2v) is 8.07. The normalized spacial score (nSPS) is 12.6. The highest BCUT2D eigenvalue weighted by Gasteiger charge is 2.23. The fraction of sp³-hybridized carbons (Fsp3) is 0.348. The lowest BCUT2D eigenvalue weighted by Crippen LogP contribution is -2.12. The zero-order valence-electron chi connectivity index (χ0n) is 16.6. The lowest BCUT2D eigenvalue weighted by atomic mass is 9.97. The van der Waals surface area contributed by atoms with Crippen molar-refractivity contribution in [3.63, 3.8) is 0 Å². The number of hydrogen-bond acceptors (Lipinski definition) is 2. The first-order valence-electron chi connectivity index (χ1n) is 9.69. The lowest BCUT2D eigenvalue weighted by molar-refractivity contribution is 0.100. The van der Waals surface area contributed by atoms with Gasteiger partial charge in [0.2, 0.25) is 5.91 Å². The molecule has 0 fully saturated rings. The number of aliphatic hydroxyl groups excluding tert-OH is 1. The van der Waals surface area contributed by atoms with E-state index in [9.17, 15) is 9.90 Å². The number of primary amides is 1. The van der Waals surface area contributed by atoms with Gasteiger partial charge < -0.3 is 15.4 Å². The highest BCUT2D eigenvalue weighted by Crippen LogP contribution is 2.35. The van der Waals surface area contributed by atoms with Crippen molar-refractivity contribution < 1.29 is 9.90 Å². The Morgan fingerprint density at radius 2 is 1.93 bits per heavy atom. The van der Waals surface area contributed by atoms with E-state index in [0.29, 0.717) is 29.5 Å². The van der Waals surface area contributed by atoms with Crippen molar-refractivity contribution in [3.05, 3.63) is 69.9 Å². The van der Waals surface area contributed by atoms with Crippen LogP contribution in [-0.4, -0.2) is 15.6 Å². The van der Waals surface area contributed by atoms with Crippen LogP contribution in [-0.2, 0) is 13.0 Å². The summed E-state index contributed by atoms with van der Waals surface area (Å²) in [6.07, 6.45) is 0.849. The van der Waals surface area contributed by atoms with Crippen LogP contribution in [0.25, 0.3) is 10.9 Å². The number of rotatable bonds is 7. The second-order valence-electron chi connectivity index (χ2n) is 7.66. The molecule has 4 nitrogen and oxygen atoms in total. The van der Waals surface area contributed by atoms with Gasteiger partial charge in [-0.15, -0.1) is 0 Å². The number of nitrogens with two attached hydrogens (primary N) is 1. The van der Waals surface area contributed by atoms with Crippen molar-refractivity contribution >= 4 is 28.4 Å². The van der Waals surface area contributed by atoms with E-state index in [1.54, 1.807) is 6.07 Å². The molecule has 1 aromatic heterocycles. The summed E-state index contributed by atoms with van der Waals surface area (Å²) in [5, 5.41) is 12.6. The van der Waals surface area contributed by atoms with E-state index in [4.69, 9.17) is 17.3 Å². The van der Waals surface area contributed by atoms with Crippen LogP contribution in [0.15, 0.2) is 42.5 Å². The molecule has 0 saturated heterocycles. The smallest absolute Gasteiger partial charge is 0.248 e. The maximum Gasteiger partial charge on any atom is 0.248 e. The van der Waals surface area contributed by atoms with Crippen LogP contribution in [0.2, 0.25) is 5.02 Å². The highest BCUT2D eigenvalue weighted by atomic mass is 35.5. The molecule has 0 spiro atoms. The number of amides is 1. The third-order valence-electron chi connectivity index (χ3n) is 5.10. The van der Waals surface area contributed by atoms with Gasteiger partial charge in [-0.2, -0.15) is 0 Å². The fourth-order valence-electron chi connectivity index (χ4n) is 3.76. The van der Waals surface area contributed by atoms with E-state index >= 15 is 0 Å². The zero-order valence-corrected chi connectivity index (χ0v) is 17.3. The van der Waals surface area contributed by atoms with Gasteiger partial charge >= 0.3 is 0 Å². The molecule has 0 aliphatic rings. The van der Waals surface area contributed by atoms with Crippen molar-refractivity contribution in [2.24, 2.45) is 11.7 Å². The topological polar surface area (TPSA) is 68.2 Å². The van der Waals surface area contributed by atoms with Crippen LogP contribution in [0.5, 0.6) is 0 Å². The third-order valence-corrected chi connectivity index (χ3v) is 5.47. The van der Waals surface area contributed by atoms with Crippen LogP contribution < -0.4 is 5.73 Å². The first kappa shape index (κ1) is 20.4. The van der Waals surface area contributed by atoms with E-state index in [-0.39, 0.29) is 0 Å². The van der Waals surface area contributed by atoms with E-state index in [2.05, 4.69) is 18.4 Å². The zero-order chi connectivity index (χ0) is 20.4. The molecule has 0 radical (unpaired) electrons. The Kier molecular flexibility index (Phi) is 6.11. The molecule has 28 heavy (non-hydrogen) atoms. The number of nitrogens with zero attached hydrogens (tertiary/aromatic N) is 1. The monoisotopic (exact) mass is 398 g/mol. The summed E-state index contributed by atoms with van der Waals surface area (Å²) < 4.78 is 2.09. The van der Waals surface area contributed by atoms with Crippen molar-refractivity contribution in [2.75, 3.05) is 0 Å². The van der Waals surface area contributed by atoms with Gasteiger partial charge in [0.05, 0.1) is 11.8 Å². The van der Waals surface area contributed by atoms with E-state index < -0.39 is 12.0 Å². The van der Waals surface area contributed by atoms with Gasteiger partial charge in [0.15, 0.2) is 0 Å². The number of aliphatic hydroxyl groups is 1. The number of benzene rings is 2. The van der Waals surface area contributed by atoms with E-state index in [1.807, 2.05) is 43.3 Å². The van der Waals surface area contributed by atoms with Crippen molar-refractivity contribution in [3.8, 4) is 0 Å². The maximum absolute atomic E-state index is 11.8. The van der Waals surface area contributed by atoms with E-state index in [0.717, 1.165) is 34.1 Å². The van der Waals surface area contributed by atoms with Crippen LogP contribution >= 0.6 is 11.6 Å². The van der Waals surface area contributed by atoms with Gasteiger partial charge in [0.25, 0.3) is 0 Å². The Morgan fingerprint density at radius 3 is 2.54 bits per heavy atom. The number of fused-ring (bicyclic) bond motifs is 1. The minimum Gasteiger partial charge on any atom is -0.387 e. The van der Waals surface area contributed by atoms with Gasteiger partial charge in [-0.25, -0.2) is 0 Å². The molecule has 1 heterocycles. The number of aromatic nitrogens is 1. The second kappa shape index (κ2) is 8.38. The van der Waals surface area contributed by atoms with Crippen molar-refractivity contribution in [2.45, 2.75) is 46.3 Å². The third kappa shape index (κ3) is 3.94. The van der Waals surface area contributed by atoms with Gasteiger partial charge in [0.1, 0.15) is 0 Å². The molecular formula is C23H27ClN2O2. The molecule has 0 aliphatic carbocycles. The summed E-state index contributed by atoms with van der Waals surface area (Å²) in [7, 11) is 0. The molecular weight excluding hydrogens is 372 g/mol. The Hall–Kier alpha value is -2.30. The summed E-state index contributed by atoms with van der Waals surface area (Å²) in [4.78, 5) is 11.8. The van der Waals surface area contributed by atoms with Crippen LogP contribution in [0.1, 0.15) is 60.5 Å². The molecule has 3 rings (SSSR count). The largest absolute Gasteiger partial charge is 0.387 e. The Bertz CT molecular complexity index is 1010. The molecule has 3 aromatic rings. The average molecular weight is 399 g/mol. The van der Waals surface area contributed by atoms with E-state index in [1.165, 1.54) is 0 Å². The number of carbonyl (C=O) groups excluding carboxylic acids is 1. The molecule has 3 N–H and O–H groups in total. The fourth-order valence-corrected chi connectivity index (χ4v) is 3.95. The molecule has 5 heteroatoms. The van der Waals surface area contributed by atoms with Crippen molar-refractivity contribution in [1.29, 1.82) is 0 Å². The molecule has 0 saturated carbocycles. The summed E-state index contributed by atoms with van der Waals surface area (Å²) in [6, 6.07) is 13.2. The first-order valence-corrected chi connectivity index (χ1v) is 10.1. The number of carbonyl (C=O) groups is 1. The lowest BCUT2D eigenvalue weighted by Gasteiger charge is -2.18. The highest BCUT2D eigenvalue weighted by molar-refractivity contribution is 6.31. The first-order chi connectivity index (χ1) is 13.3. The number of halogens is 1.